The van der Waals surface area contributed by atoms with E-state index in [1.165, 1.54) is 5.01 Å². The molecule has 6 N–H and O–H groups in total. The Morgan fingerprint density at radius 2 is 2.00 bits per heavy atom. The van der Waals surface area contributed by atoms with Gasteiger partial charge in [0.25, 0.3) is 0 Å². The molecule has 0 radical (unpaired) electrons. The maximum absolute atomic E-state index is 5.77. The van der Waals surface area contributed by atoms with Crippen LogP contribution in [0.4, 0.5) is 0 Å². The van der Waals surface area contributed by atoms with E-state index in [4.69, 9.17) is 17.4 Å². The summed E-state index contributed by atoms with van der Waals surface area (Å²) in [7, 11) is 1.72. The molecule has 1 saturated heterocycles. The first-order chi connectivity index (χ1) is 6.15. The lowest BCUT2D eigenvalue weighted by Crippen LogP contribution is -2.51. The molecule has 1 aliphatic heterocycles. The highest BCUT2D eigenvalue weighted by Crippen LogP contribution is 2.08. The smallest absolute Gasteiger partial charge is 0.232 e. The van der Waals surface area contributed by atoms with Crippen LogP contribution in [0.25, 0.3) is 0 Å². The molecule has 1 aliphatic rings. The van der Waals surface area contributed by atoms with Crippen LogP contribution < -0.4 is 17.4 Å². The molecule has 0 aromatic carbocycles. The fourth-order valence-electron chi connectivity index (χ4n) is 1.50. The predicted octanol–water partition coefficient (Wildman–Crippen LogP) is -1.56. The van der Waals surface area contributed by atoms with Gasteiger partial charge in [0.15, 0.2) is 0 Å². The number of rotatable bonds is 0. The van der Waals surface area contributed by atoms with Crippen LogP contribution in [0.15, 0.2) is 5.10 Å². The fourth-order valence-corrected chi connectivity index (χ4v) is 1.50. The molecule has 0 aromatic rings. The van der Waals surface area contributed by atoms with Crippen molar-refractivity contribution < 1.29 is 0 Å². The van der Waals surface area contributed by atoms with E-state index in [2.05, 4.69) is 5.10 Å². The van der Waals surface area contributed by atoms with Crippen molar-refractivity contribution in [2.75, 3.05) is 20.1 Å². The Morgan fingerprint density at radius 3 is 2.38 bits per heavy atom. The average Bonchev–Trinajstić information content (AvgIpc) is 2.09. The molecule has 6 nitrogen and oxygen atoms in total. The summed E-state index contributed by atoms with van der Waals surface area (Å²) in [6.07, 6.45) is 1.93. The summed E-state index contributed by atoms with van der Waals surface area (Å²) >= 11 is 0. The first-order valence-electron chi connectivity index (χ1n) is 4.42. The summed E-state index contributed by atoms with van der Waals surface area (Å²) < 4.78 is 0. The highest BCUT2D eigenvalue weighted by molar-refractivity contribution is 5.79. The van der Waals surface area contributed by atoms with E-state index in [1.54, 1.807) is 7.05 Å². The van der Waals surface area contributed by atoms with Crippen molar-refractivity contribution >= 4 is 5.96 Å². The summed E-state index contributed by atoms with van der Waals surface area (Å²) in [5, 5.41) is 5.07. The van der Waals surface area contributed by atoms with Crippen LogP contribution in [0, 0.1) is 0 Å². The molecule has 1 heterocycles. The van der Waals surface area contributed by atoms with Gasteiger partial charge in [-0.25, -0.2) is 5.84 Å². The molecule has 0 amide bonds. The molecule has 1 fully saturated rings. The largest absolute Gasteiger partial charge is 0.340 e. The summed E-state index contributed by atoms with van der Waals surface area (Å²) in [5.41, 5.74) is 5.77. The van der Waals surface area contributed by atoms with Crippen molar-refractivity contribution in [1.82, 2.24) is 9.91 Å². The van der Waals surface area contributed by atoms with E-state index in [-0.39, 0.29) is 0 Å². The topological polar surface area (TPSA) is 96.9 Å². The van der Waals surface area contributed by atoms with Crippen LogP contribution in [0.3, 0.4) is 0 Å². The fraction of sp³-hybridized carbons (Fsp3) is 0.857. The number of hydrogen-bond acceptors (Lipinski definition) is 4. The van der Waals surface area contributed by atoms with Crippen LogP contribution in [-0.2, 0) is 0 Å². The van der Waals surface area contributed by atoms with Gasteiger partial charge in [-0.1, -0.05) is 0 Å². The number of hydrazone groups is 1. The Hall–Kier alpha value is -1.01. The number of likely N-dealkylation sites (tertiary alicyclic amines) is 1. The van der Waals surface area contributed by atoms with E-state index in [1.807, 2.05) is 4.90 Å². The lowest BCUT2D eigenvalue weighted by atomic mass is 10.1. The van der Waals surface area contributed by atoms with Gasteiger partial charge >= 0.3 is 0 Å². The molecule has 0 unspecified atom stereocenters. The van der Waals surface area contributed by atoms with E-state index in [9.17, 15) is 0 Å². The normalized spacial score (nSPS) is 20.5. The number of guanidine groups is 1. The van der Waals surface area contributed by atoms with Gasteiger partial charge in [-0.2, -0.15) is 0 Å². The minimum absolute atomic E-state index is 0.304. The summed E-state index contributed by atoms with van der Waals surface area (Å²) in [4.78, 5) is 2.04. The molecule has 76 valence electrons. The Bertz CT molecular complexity index is 181. The second-order valence-corrected chi connectivity index (χ2v) is 3.36. The van der Waals surface area contributed by atoms with Crippen molar-refractivity contribution in [2.45, 2.75) is 18.9 Å². The Kier molecular flexibility index (Phi) is 3.32. The van der Waals surface area contributed by atoms with Crippen molar-refractivity contribution in [3.63, 3.8) is 0 Å². The molecule has 0 aliphatic carbocycles. The highest BCUT2D eigenvalue weighted by atomic mass is 15.5. The number of hydrogen-bond donors (Lipinski definition) is 3. The number of nitrogens with zero attached hydrogens (tertiary/aromatic N) is 3. The summed E-state index contributed by atoms with van der Waals surface area (Å²) in [6, 6.07) is 0.304. The minimum atomic E-state index is 0.304. The van der Waals surface area contributed by atoms with Gasteiger partial charge in [0.2, 0.25) is 5.96 Å². The van der Waals surface area contributed by atoms with Crippen LogP contribution >= 0.6 is 0 Å². The number of nitrogens with two attached hydrogens (primary N) is 3. The third-order valence-corrected chi connectivity index (χ3v) is 2.25. The van der Waals surface area contributed by atoms with Gasteiger partial charge in [0.1, 0.15) is 0 Å². The molecule has 1 rings (SSSR count). The van der Waals surface area contributed by atoms with Gasteiger partial charge in [0.05, 0.1) is 0 Å². The van der Waals surface area contributed by atoms with Crippen molar-refractivity contribution in [1.29, 1.82) is 0 Å². The third kappa shape index (κ3) is 2.46. The number of piperidine rings is 1. The average molecular weight is 186 g/mol. The standard InChI is InChI=1S/C7H18N6/c1-12(10)7(11-9)13-4-2-6(8)3-5-13/h6H,2-5,8-10H2,1H3/b11-7+. The molecular weight excluding hydrogens is 168 g/mol. The zero-order valence-corrected chi connectivity index (χ0v) is 7.98. The van der Waals surface area contributed by atoms with Crippen molar-refractivity contribution in [3.8, 4) is 0 Å². The lowest BCUT2D eigenvalue weighted by Gasteiger charge is -2.34. The van der Waals surface area contributed by atoms with Crippen LogP contribution in [0.1, 0.15) is 12.8 Å². The van der Waals surface area contributed by atoms with Gasteiger partial charge in [-0.05, 0) is 12.8 Å². The Morgan fingerprint density at radius 1 is 1.46 bits per heavy atom. The first kappa shape index (κ1) is 10.1. The van der Waals surface area contributed by atoms with Crippen LogP contribution in [0.5, 0.6) is 0 Å². The van der Waals surface area contributed by atoms with E-state index >= 15 is 0 Å². The Balaban J connectivity index is 2.52. The summed E-state index contributed by atoms with van der Waals surface area (Å²) in [6.45, 7) is 1.75. The SMILES string of the molecule is CN(N)/C(=N\N)N1CCC(N)CC1. The van der Waals surface area contributed by atoms with Gasteiger partial charge in [0, 0.05) is 26.2 Å². The molecular formula is C7H18N6. The molecule has 6 heteroatoms. The summed E-state index contributed by atoms with van der Waals surface area (Å²) in [5.74, 6) is 11.4. The van der Waals surface area contributed by atoms with Crippen LogP contribution in [-0.4, -0.2) is 42.0 Å². The van der Waals surface area contributed by atoms with E-state index in [0.29, 0.717) is 12.0 Å². The molecule has 0 aromatic heterocycles. The maximum atomic E-state index is 5.77. The van der Waals surface area contributed by atoms with Crippen molar-refractivity contribution in [2.24, 2.45) is 22.5 Å². The quantitative estimate of drug-likeness (QED) is 0.184. The second-order valence-electron chi connectivity index (χ2n) is 3.36. The maximum Gasteiger partial charge on any atom is 0.232 e. The van der Waals surface area contributed by atoms with E-state index in [0.717, 1.165) is 25.9 Å². The number of hydrazine groups is 1. The molecule has 0 bridgehead atoms. The third-order valence-electron chi connectivity index (χ3n) is 2.25. The predicted molar refractivity (Wildman–Crippen MR) is 52.4 cm³/mol. The van der Waals surface area contributed by atoms with Gasteiger partial charge in [-0.15, -0.1) is 5.10 Å². The van der Waals surface area contributed by atoms with E-state index < -0.39 is 0 Å². The lowest BCUT2D eigenvalue weighted by molar-refractivity contribution is 0.278. The zero-order chi connectivity index (χ0) is 9.84. The van der Waals surface area contributed by atoms with Gasteiger partial charge < -0.3 is 16.5 Å². The highest BCUT2D eigenvalue weighted by Gasteiger charge is 2.20. The second kappa shape index (κ2) is 4.29. The molecule has 0 saturated carbocycles. The molecule has 0 spiro atoms. The van der Waals surface area contributed by atoms with Crippen molar-refractivity contribution in [3.05, 3.63) is 0 Å². The first-order valence-corrected chi connectivity index (χ1v) is 4.42. The minimum Gasteiger partial charge on any atom is -0.340 e. The molecule has 0 atom stereocenters. The zero-order valence-electron chi connectivity index (χ0n) is 7.98. The van der Waals surface area contributed by atoms with Crippen LogP contribution in [0.2, 0.25) is 0 Å². The molecule has 13 heavy (non-hydrogen) atoms. The Labute approximate surface area is 78.3 Å². The van der Waals surface area contributed by atoms with Gasteiger partial charge in [-0.3, -0.25) is 5.01 Å². The monoisotopic (exact) mass is 186 g/mol.